The molecule has 1 aliphatic heterocycles. The molecule has 2 amide bonds. The van der Waals surface area contributed by atoms with Crippen LogP contribution < -0.4 is 4.74 Å². The Labute approximate surface area is 198 Å². The van der Waals surface area contributed by atoms with Crippen molar-refractivity contribution in [3.63, 3.8) is 0 Å². The van der Waals surface area contributed by atoms with Crippen LogP contribution in [0.2, 0.25) is 0 Å². The zero-order valence-electron chi connectivity index (χ0n) is 19.0. The molecule has 1 saturated heterocycles. The Kier molecular flexibility index (Phi) is 6.04. The lowest BCUT2D eigenvalue weighted by Gasteiger charge is -2.41. The molecule has 172 valence electrons. The molecular weight excluding hydrogens is 428 g/mol. The van der Waals surface area contributed by atoms with Crippen molar-refractivity contribution in [2.75, 3.05) is 20.2 Å². The summed E-state index contributed by atoms with van der Waals surface area (Å²) < 4.78 is 11.2. The van der Waals surface area contributed by atoms with Gasteiger partial charge in [-0.1, -0.05) is 72.8 Å². The van der Waals surface area contributed by atoms with E-state index >= 15 is 0 Å². The van der Waals surface area contributed by atoms with Crippen molar-refractivity contribution < 1.29 is 18.7 Å². The van der Waals surface area contributed by atoms with Gasteiger partial charge in [-0.15, -0.1) is 0 Å². The Morgan fingerprint density at radius 2 is 1.68 bits per heavy atom. The smallest absolute Gasteiger partial charge is 0.290 e. The van der Waals surface area contributed by atoms with Gasteiger partial charge in [-0.3, -0.25) is 9.59 Å². The van der Waals surface area contributed by atoms with Gasteiger partial charge < -0.3 is 19.0 Å². The Hall–Kier alpha value is -4.06. The van der Waals surface area contributed by atoms with Crippen LogP contribution in [0.15, 0.2) is 89.3 Å². The van der Waals surface area contributed by atoms with Gasteiger partial charge in [0.25, 0.3) is 5.91 Å². The Morgan fingerprint density at radius 1 is 0.971 bits per heavy atom. The lowest BCUT2D eigenvalue weighted by molar-refractivity contribution is -0.139. The molecule has 3 aromatic carbocycles. The molecule has 1 atom stereocenters. The normalized spacial score (nSPS) is 16.1. The van der Waals surface area contributed by atoms with Gasteiger partial charge >= 0.3 is 0 Å². The number of hydrogen-bond donors (Lipinski definition) is 0. The Morgan fingerprint density at radius 3 is 2.38 bits per heavy atom. The second kappa shape index (κ2) is 9.43. The number of ether oxygens (including phenoxy) is 1. The van der Waals surface area contributed by atoms with E-state index in [0.29, 0.717) is 30.8 Å². The number of para-hydroxylation sites is 1. The van der Waals surface area contributed by atoms with Crippen LogP contribution in [-0.2, 0) is 17.8 Å². The van der Waals surface area contributed by atoms with Gasteiger partial charge in [0.05, 0.1) is 13.2 Å². The first kappa shape index (κ1) is 21.8. The van der Waals surface area contributed by atoms with Crippen molar-refractivity contribution in [1.29, 1.82) is 0 Å². The van der Waals surface area contributed by atoms with Crippen molar-refractivity contribution in [2.45, 2.75) is 19.0 Å². The van der Waals surface area contributed by atoms with E-state index in [4.69, 9.17) is 9.15 Å². The Bertz CT molecular complexity index is 1300. The number of methoxy groups -OCH3 is 1. The highest BCUT2D eigenvalue weighted by atomic mass is 16.5. The average molecular weight is 455 g/mol. The van der Waals surface area contributed by atoms with E-state index in [2.05, 4.69) is 12.1 Å². The van der Waals surface area contributed by atoms with E-state index in [-0.39, 0.29) is 30.2 Å². The van der Waals surface area contributed by atoms with E-state index in [1.54, 1.807) is 24.1 Å². The fourth-order valence-corrected chi connectivity index (χ4v) is 4.55. The molecule has 1 fully saturated rings. The Balaban J connectivity index is 1.42. The highest BCUT2D eigenvalue weighted by molar-refractivity contribution is 5.99. The van der Waals surface area contributed by atoms with Gasteiger partial charge in [0, 0.05) is 18.5 Å². The van der Waals surface area contributed by atoms with Crippen LogP contribution in [0.4, 0.5) is 0 Å². The quantitative estimate of drug-likeness (QED) is 0.429. The number of nitrogens with zero attached hydrogens (tertiary/aromatic N) is 2. The second-order valence-corrected chi connectivity index (χ2v) is 8.53. The largest absolute Gasteiger partial charge is 0.493 e. The van der Waals surface area contributed by atoms with Gasteiger partial charge in [0.15, 0.2) is 17.1 Å². The van der Waals surface area contributed by atoms with Crippen molar-refractivity contribution in [1.82, 2.24) is 9.80 Å². The third kappa shape index (κ3) is 4.39. The molecule has 0 radical (unpaired) electrons. The first-order chi connectivity index (χ1) is 16.6. The number of fused-ring (bicyclic) bond motifs is 1. The van der Waals surface area contributed by atoms with Crippen LogP contribution in [0, 0.1) is 0 Å². The number of furan rings is 1. The highest BCUT2D eigenvalue weighted by Gasteiger charge is 2.36. The molecule has 0 bridgehead atoms. The second-order valence-electron chi connectivity index (χ2n) is 8.53. The predicted octanol–water partition coefficient (Wildman–Crippen LogP) is 4.54. The number of benzene rings is 3. The van der Waals surface area contributed by atoms with Crippen molar-refractivity contribution in [2.24, 2.45) is 0 Å². The minimum absolute atomic E-state index is 0.0190. The number of rotatable bonds is 6. The summed E-state index contributed by atoms with van der Waals surface area (Å²) in [5, 5.41) is 0.789. The third-order valence-corrected chi connectivity index (χ3v) is 6.25. The summed E-state index contributed by atoms with van der Waals surface area (Å²) in [6, 6.07) is 27.1. The number of amides is 2. The predicted molar refractivity (Wildman–Crippen MR) is 130 cm³/mol. The molecule has 4 aromatic rings. The van der Waals surface area contributed by atoms with Gasteiger partial charge in [-0.2, -0.15) is 0 Å². The number of carbonyl (C=O) groups is 2. The van der Waals surface area contributed by atoms with E-state index in [0.717, 1.165) is 16.5 Å². The van der Waals surface area contributed by atoms with E-state index < -0.39 is 0 Å². The molecule has 1 aromatic heterocycles. The maximum absolute atomic E-state index is 13.4. The zero-order valence-corrected chi connectivity index (χ0v) is 19.0. The molecule has 0 spiro atoms. The van der Waals surface area contributed by atoms with Crippen LogP contribution in [0.25, 0.3) is 11.0 Å². The van der Waals surface area contributed by atoms with Crippen LogP contribution in [-0.4, -0.2) is 47.9 Å². The third-order valence-electron chi connectivity index (χ3n) is 6.25. The van der Waals surface area contributed by atoms with Crippen LogP contribution in [0.3, 0.4) is 0 Å². The summed E-state index contributed by atoms with van der Waals surface area (Å²) in [6.07, 6.45) is 0.664. The summed E-state index contributed by atoms with van der Waals surface area (Å²) in [5.41, 5.74) is 2.72. The van der Waals surface area contributed by atoms with Gasteiger partial charge in [-0.05, 0) is 29.7 Å². The molecule has 6 nitrogen and oxygen atoms in total. The van der Waals surface area contributed by atoms with Crippen molar-refractivity contribution >= 4 is 22.8 Å². The standard InChI is InChI=1S/C28H26N2O4/c1-33-24-14-8-13-22-16-25(34-27(22)24)28(32)29-18-23(15-20-9-4-2-5-10-20)30(26(31)19-29)17-21-11-6-3-7-12-21/h2-14,16,23H,15,17-19H2,1H3/t23-/m0/s1. The fourth-order valence-electron chi connectivity index (χ4n) is 4.55. The van der Waals surface area contributed by atoms with E-state index in [1.165, 1.54) is 0 Å². The SMILES string of the molecule is COc1cccc2cc(C(=O)N3CC(=O)N(Cc4ccccc4)[C@@H](Cc4ccccc4)C3)oc12. The molecule has 0 saturated carbocycles. The van der Waals surface area contributed by atoms with Crippen LogP contribution in [0.1, 0.15) is 21.7 Å². The van der Waals surface area contributed by atoms with Crippen LogP contribution in [0.5, 0.6) is 5.75 Å². The van der Waals surface area contributed by atoms with Crippen molar-refractivity contribution in [3.8, 4) is 5.75 Å². The minimum atomic E-state index is -0.288. The van der Waals surface area contributed by atoms with Gasteiger partial charge in [0.1, 0.15) is 6.54 Å². The summed E-state index contributed by atoms with van der Waals surface area (Å²) in [7, 11) is 1.57. The number of piperazine rings is 1. The summed E-state index contributed by atoms with van der Waals surface area (Å²) in [4.78, 5) is 30.2. The maximum Gasteiger partial charge on any atom is 0.290 e. The zero-order chi connectivity index (χ0) is 23.5. The maximum atomic E-state index is 13.4. The summed E-state index contributed by atoms with van der Waals surface area (Å²) in [5.74, 6) is 0.423. The van der Waals surface area contributed by atoms with Crippen molar-refractivity contribution in [3.05, 3.63) is 102 Å². The van der Waals surface area contributed by atoms with Gasteiger partial charge in [-0.25, -0.2) is 0 Å². The molecule has 1 aliphatic rings. The first-order valence-electron chi connectivity index (χ1n) is 11.4. The molecule has 34 heavy (non-hydrogen) atoms. The average Bonchev–Trinajstić information content (AvgIpc) is 3.31. The highest BCUT2D eigenvalue weighted by Crippen LogP contribution is 2.29. The van der Waals surface area contributed by atoms with E-state index in [1.807, 2.05) is 65.6 Å². The topological polar surface area (TPSA) is 63.0 Å². The fraction of sp³-hybridized carbons (Fsp3) is 0.214. The molecule has 0 aliphatic carbocycles. The lowest BCUT2D eigenvalue weighted by Crippen LogP contribution is -2.58. The molecule has 2 heterocycles. The monoisotopic (exact) mass is 454 g/mol. The van der Waals surface area contributed by atoms with Gasteiger partial charge in [0.2, 0.25) is 5.91 Å². The summed E-state index contributed by atoms with van der Waals surface area (Å²) >= 11 is 0. The molecular formula is C28H26N2O4. The summed E-state index contributed by atoms with van der Waals surface area (Å²) in [6.45, 7) is 0.965. The minimum Gasteiger partial charge on any atom is -0.493 e. The lowest BCUT2D eigenvalue weighted by atomic mass is 10.0. The molecule has 6 heteroatoms. The molecule has 5 rings (SSSR count). The van der Waals surface area contributed by atoms with Crippen LogP contribution >= 0.6 is 0 Å². The molecule has 0 N–H and O–H groups in total. The number of carbonyl (C=O) groups excluding carboxylic acids is 2. The van der Waals surface area contributed by atoms with E-state index in [9.17, 15) is 9.59 Å². The molecule has 0 unspecified atom stereocenters. The number of hydrogen-bond acceptors (Lipinski definition) is 4. The first-order valence-corrected chi connectivity index (χ1v) is 11.4.